The van der Waals surface area contributed by atoms with E-state index < -0.39 is 0 Å². The lowest BCUT2D eigenvalue weighted by atomic mass is 10.1. The van der Waals surface area contributed by atoms with Gasteiger partial charge in [-0.3, -0.25) is 0 Å². The topological polar surface area (TPSA) is 73.0 Å². The van der Waals surface area contributed by atoms with Gasteiger partial charge in [-0.25, -0.2) is 4.68 Å². The Balaban J connectivity index is 1.57. The molecule has 1 fully saturated rings. The molecule has 2 aromatic rings. The molecule has 0 spiro atoms. The highest BCUT2D eigenvalue weighted by molar-refractivity contribution is 5.27. The second-order valence-electron chi connectivity index (χ2n) is 5.67. The zero-order chi connectivity index (χ0) is 16.1. The minimum atomic E-state index is -0.0577. The lowest BCUT2D eigenvalue weighted by Crippen LogP contribution is -2.12. The molecule has 0 saturated carbocycles. The molecule has 3 rings (SSSR count). The number of rotatable bonds is 6. The number of hydrogen-bond donors (Lipinski definition) is 0. The van der Waals surface area contributed by atoms with Crippen LogP contribution in [0.1, 0.15) is 42.3 Å². The summed E-state index contributed by atoms with van der Waals surface area (Å²) < 4.78 is 13.2. The molecule has 1 aliphatic heterocycles. The summed E-state index contributed by atoms with van der Waals surface area (Å²) in [6.07, 6.45) is 2.67. The molecule has 0 amide bonds. The van der Waals surface area contributed by atoms with E-state index in [0.717, 1.165) is 37.3 Å². The predicted molar refractivity (Wildman–Crippen MR) is 84.0 cm³/mol. The Morgan fingerprint density at radius 2 is 2.22 bits per heavy atom. The quantitative estimate of drug-likeness (QED) is 0.767. The minimum absolute atomic E-state index is 0.0577. The van der Waals surface area contributed by atoms with Crippen molar-refractivity contribution in [3.63, 3.8) is 0 Å². The molecule has 0 radical (unpaired) electrons. The van der Waals surface area contributed by atoms with Crippen LogP contribution in [0.3, 0.4) is 0 Å². The monoisotopic (exact) mass is 312 g/mol. The summed E-state index contributed by atoms with van der Waals surface area (Å²) in [6, 6.07) is 10.1. The van der Waals surface area contributed by atoms with Gasteiger partial charge < -0.3 is 9.47 Å². The van der Waals surface area contributed by atoms with Crippen LogP contribution in [-0.2, 0) is 11.3 Å². The summed E-state index contributed by atoms with van der Waals surface area (Å²) in [4.78, 5) is 0. The zero-order valence-corrected chi connectivity index (χ0v) is 13.2. The predicted octanol–water partition coefficient (Wildman–Crippen LogP) is 2.78. The van der Waals surface area contributed by atoms with Crippen molar-refractivity contribution in [1.29, 1.82) is 5.26 Å². The molecular weight excluding hydrogens is 292 g/mol. The fourth-order valence-corrected chi connectivity index (χ4v) is 2.72. The Morgan fingerprint density at radius 1 is 1.39 bits per heavy atom. The number of ether oxygens (including phenoxy) is 2. The van der Waals surface area contributed by atoms with Gasteiger partial charge in [0.05, 0.1) is 6.61 Å². The van der Waals surface area contributed by atoms with Crippen LogP contribution in [0.5, 0.6) is 5.75 Å². The van der Waals surface area contributed by atoms with E-state index in [2.05, 4.69) is 16.4 Å². The van der Waals surface area contributed by atoms with Crippen molar-refractivity contribution in [3.8, 4) is 11.8 Å². The maximum Gasteiger partial charge on any atom is 0.188 e. The maximum absolute atomic E-state index is 9.19. The van der Waals surface area contributed by atoms with Crippen molar-refractivity contribution in [2.24, 2.45) is 0 Å². The number of nitriles is 1. The minimum Gasteiger partial charge on any atom is -0.494 e. The molecule has 23 heavy (non-hydrogen) atoms. The second kappa shape index (κ2) is 7.25. The Hall–Kier alpha value is -2.39. The van der Waals surface area contributed by atoms with E-state index in [1.807, 2.05) is 31.2 Å². The van der Waals surface area contributed by atoms with E-state index in [9.17, 15) is 5.26 Å². The van der Waals surface area contributed by atoms with Gasteiger partial charge in [0.25, 0.3) is 0 Å². The number of benzene rings is 1. The van der Waals surface area contributed by atoms with Crippen molar-refractivity contribution in [2.45, 2.75) is 38.8 Å². The van der Waals surface area contributed by atoms with Gasteiger partial charge in [-0.1, -0.05) is 22.9 Å². The smallest absolute Gasteiger partial charge is 0.188 e. The number of nitrogens with zero attached hydrogens (tertiary/aromatic N) is 4. The molecule has 6 heteroatoms. The van der Waals surface area contributed by atoms with Gasteiger partial charge in [-0.05, 0) is 31.9 Å². The average Bonchev–Trinajstić information content (AvgIpc) is 3.22. The lowest BCUT2D eigenvalue weighted by molar-refractivity contribution is 0.104. The first-order chi connectivity index (χ1) is 11.3. The normalized spacial score (nSPS) is 17.1. The fourth-order valence-electron chi connectivity index (χ4n) is 2.72. The lowest BCUT2D eigenvalue weighted by Gasteiger charge is -2.12. The highest BCUT2D eigenvalue weighted by Gasteiger charge is 2.26. The summed E-state index contributed by atoms with van der Waals surface area (Å²) in [6.45, 7) is 4.04. The highest BCUT2D eigenvalue weighted by Crippen LogP contribution is 2.29. The fraction of sp³-hybridized carbons (Fsp3) is 0.471. The van der Waals surface area contributed by atoms with Gasteiger partial charge in [0.1, 0.15) is 23.6 Å². The van der Waals surface area contributed by atoms with Gasteiger partial charge in [0, 0.05) is 19.6 Å². The van der Waals surface area contributed by atoms with Crippen molar-refractivity contribution in [2.75, 3.05) is 13.2 Å². The summed E-state index contributed by atoms with van der Waals surface area (Å²) >= 11 is 0. The summed E-state index contributed by atoms with van der Waals surface area (Å²) in [5, 5.41) is 17.2. The SMILES string of the molecule is Cc1ccc(OCCCn2nnc(C#N)c2C2CCCO2)cc1. The van der Waals surface area contributed by atoms with Crippen LogP contribution in [0, 0.1) is 18.3 Å². The molecule has 6 nitrogen and oxygen atoms in total. The Labute approximate surface area is 135 Å². The van der Waals surface area contributed by atoms with Crippen LogP contribution in [0.25, 0.3) is 0 Å². The molecule has 0 bridgehead atoms. The summed E-state index contributed by atoms with van der Waals surface area (Å²) in [5.41, 5.74) is 2.39. The van der Waals surface area contributed by atoms with E-state index in [0.29, 0.717) is 18.8 Å². The van der Waals surface area contributed by atoms with Crippen molar-refractivity contribution in [3.05, 3.63) is 41.2 Å². The van der Waals surface area contributed by atoms with Gasteiger partial charge >= 0.3 is 0 Å². The third-order valence-corrected chi connectivity index (χ3v) is 3.92. The molecule has 2 heterocycles. The molecule has 1 saturated heterocycles. The molecule has 1 atom stereocenters. The third-order valence-electron chi connectivity index (χ3n) is 3.92. The average molecular weight is 312 g/mol. The molecule has 1 unspecified atom stereocenters. The largest absolute Gasteiger partial charge is 0.494 e. The van der Waals surface area contributed by atoms with Crippen LogP contribution in [0.2, 0.25) is 0 Å². The standard InChI is InChI=1S/C17H20N4O2/c1-13-5-7-14(8-6-13)22-11-3-9-21-17(15(12-18)19-20-21)16-4-2-10-23-16/h5-8,16H,2-4,9-11H2,1H3. The Kier molecular flexibility index (Phi) is 4.89. The van der Waals surface area contributed by atoms with Crippen LogP contribution < -0.4 is 4.74 Å². The first-order valence-electron chi connectivity index (χ1n) is 7.92. The van der Waals surface area contributed by atoms with E-state index >= 15 is 0 Å². The molecule has 1 aromatic heterocycles. The Bertz CT molecular complexity index is 682. The van der Waals surface area contributed by atoms with Gasteiger partial charge in [0.15, 0.2) is 5.69 Å². The van der Waals surface area contributed by atoms with Crippen LogP contribution in [-0.4, -0.2) is 28.2 Å². The Morgan fingerprint density at radius 3 is 2.91 bits per heavy atom. The van der Waals surface area contributed by atoms with E-state index in [1.54, 1.807) is 4.68 Å². The molecule has 1 aromatic carbocycles. The van der Waals surface area contributed by atoms with Crippen LogP contribution in [0.4, 0.5) is 0 Å². The maximum atomic E-state index is 9.19. The van der Waals surface area contributed by atoms with E-state index in [4.69, 9.17) is 9.47 Å². The van der Waals surface area contributed by atoms with Crippen molar-refractivity contribution < 1.29 is 9.47 Å². The van der Waals surface area contributed by atoms with E-state index in [-0.39, 0.29) is 6.10 Å². The first kappa shape index (κ1) is 15.5. The van der Waals surface area contributed by atoms with Crippen molar-refractivity contribution >= 4 is 0 Å². The number of hydrogen-bond acceptors (Lipinski definition) is 5. The first-order valence-corrected chi connectivity index (χ1v) is 7.92. The van der Waals surface area contributed by atoms with Gasteiger partial charge in [0.2, 0.25) is 0 Å². The summed E-state index contributed by atoms with van der Waals surface area (Å²) in [5.74, 6) is 0.867. The zero-order valence-electron chi connectivity index (χ0n) is 13.2. The number of aromatic nitrogens is 3. The molecule has 0 N–H and O–H groups in total. The van der Waals surface area contributed by atoms with E-state index in [1.165, 1.54) is 5.56 Å². The molecule has 0 aliphatic carbocycles. The second-order valence-corrected chi connectivity index (χ2v) is 5.67. The van der Waals surface area contributed by atoms with Crippen LogP contribution >= 0.6 is 0 Å². The molecule has 120 valence electrons. The molecular formula is C17H20N4O2. The third kappa shape index (κ3) is 3.69. The molecule has 1 aliphatic rings. The van der Waals surface area contributed by atoms with Crippen molar-refractivity contribution in [1.82, 2.24) is 15.0 Å². The summed E-state index contributed by atoms with van der Waals surface area (Å²) in [7, 11) is 0. The van der Waals surface area contributed by atoms with Gasteiger partial charge in [-0.15, -0.1) is 5.10 Å². The van der Waals surface area contributed by atoms with Crippen LogP contribution in [0.15, 0.2) is 24.3 Å². The van der Waals surface area contributed by atoms with Gasteiger partial charge in [-0.2, -0.15) is 5.26 Å². The number of aryl methyl sites for hydroxylation is 2. The highest BCUT2D eigenvalue weighted by atomic mass is 16.5.